The summed E-state index contributed by atoms with van der Waals surface area (Å²) in [4.78, 5) is 20.4. The van der Waals surface area contributed by atoms with Crippen molar-refractivity contribution in [1.29, 1.82) is 0 Å². The van der Waals surface area contributed by atoms with E-state index in [0.29, 0.717) is 11.3 Å². The first-order valence-corrected chi connectivity index (χ1v) is 7.06. The molecule has 1 atom stereocenters. The van der Waals surface area contributed by atoms with Gasteiger partial charge in [-0.1, -0.05) is 13.8 Å². The summed E-state index contributed by atoms with van der Waals surface area (Å²) >= 11 is 0. The fraction of sp³-hybridized carbons (Fsp3) is 0.312. The number of carbonyl (C=O) groups is 1. The van der Waals surface area contributed by atoms with Crippen molar-refractivity contribution in [2.24, 2.45) is 5.92 Å². The minimum Gasteiger partial charge on any atom is -0.437 e. The van der Waals surface area contributed by atoms with Crippen molar-refractivity contribution in [2.45, 2.75) is 19.9 Å². The van der Waals surface area contributed by atoms with E-state index in [0.717, 1.165) is 0 Å². The molecule has 22 heavy (non-hydrogen) atoms. The SMILES string of the molecule is CC(C)[C@H](CO)NC(=O)c1cccnc1Oc1cccnc1. The summed E-state index contributed by atoms with van der Waals surface area (Å²) in [5, 5.41) is 12.1. The van der Waals surface area contributed by atoms with Gasteiger partial charge in [0.2, 0.25) is 5.88 Å². The largest absolute Gasteiger partial charge is 0.437 e. The topological polar surface area (TPSA) is 84.3 Å². The summed E-state index contributed by atoms with van der Waals surface area (Å²) in [6, 6.07) is 6.43. The van der Waals surface area contributed by atoms with E-state index in [9.17, 15) is 9.90 Å². The Kier molecular flexibility index (Phi) is 5.43. The van der Waals surface area contributed by atoms with Gasteiger partial charge in [0.1, 0.15) is 11.3 Å². The van der Waals surface area contributed by atoms with Crippen LogP contribution in [0.4, 0.5) is 0 Å². The van der Waals surface area contributed by atoms with Crippen molar-refractivity contribution >= 4 is 5.91 Å². The Labute approximate surface area is 129 Å². The highest BCUT2D eigenvalue weighted by molar-refractivity contribution is 5.96. The average molecular weight is 301 g/mol. The molecule has 0 unspecified atom stereocenters. The lowest BCUT2D eigenvalue weighted by Gasteiger charge is -2.20. The van der Waals surface area contributed by atoms with Crippen LogP contribution in [0.3, 0.4) is 0 Å². The molecule has 2 N–H and O–H groups in total. The first-order valence-electron chi connectivity index (χ1n) is 7.06. The number of amides is 1. The highest BCUT2D eigenvalue weighted by Gasteiger charge is 2.19. The summed E-state index contributed by atoms with van der Waals surface area (Å²) < 4.78 is 5.61. The molecule has 0 saturated heterocycles. The van der Waals surface area contributed by atoms with Gasteiger partial charge in [0.15, 0.2) is 0 Å². The summed E-state index contributed by atoms with van der Waals surface area (Å²) in [5.41, 5.74) is 0.311. The van der Waals surface area contributed by atoms with Crippen molar-refractivity contribution in [2.75, 3.05) is 6.61 Å². The predicted octanol–water partition coefficient (Wildman–Crippen LogP) is 2.02. The summed E-state index contributed by atoms with van der Waals surface area (Å²) in [7, 11) is 0. The molecule has 1 amide bonds. The molecule has 116 valence electrons. The van der Waals surface area contributed by atoms with Gasteiger partial charge in [0, 0.05) is 12.4 Å². The van der Waals surface area contributed by atoms with Gasteiger partial charge in [-0.2, -0.15) is 0 Å². The van der Waals surface area contributed by atoms with Crippen LogP contribution in [0.2, 0.25) is 0 Å². The van der Waals surface area contributed by atoms with Crippen molar-refractivity contribution in [1.82, 2.24) is 15.3 Å². The van der Waals surface area contributed by atoms with E-state index in [1.165, 1.54) is 0 Å². The Morgan fingerprint density at radius 1 is 1.32 bits per heavy atom. The Morgan fingerprint density at radius 2 is 2.09 bits per heavy atom. The zero-order chi connectivity index (χ0) is 15.9. The monoisotopic (exact) mass is 301 g/mol. The molecule has 2 rings (SSSR count). The van der Waals surface area contributed by atoms with Crippen LogP contribution in [0.5, 0.6) is 11.6 Å². The van der Waals surface area contributed by atoms with Crippen molar-refractivity contribution in [3.8, 4) is 11.6 Å². The number of aliphatic hydroxyl groups is 1. The van der Waals surface area contributed by atoms with Crippen LogP contribution in [0, 0.1) is 5.92 Å². The Bertz CT molecular complexity index is 617. The Morgan fingerprint density at radius 3 is 2.73 bits per heavy atom. The van der Waals surface area contributed by atoms with Gasteiger partial charge in [-0.05, 0) is 30.2 Å². The minimum absolute atomic E-state index is 0.119. The second-order valence-corrected chi connectivity index (χ2v) is 5.15. The number of rotatable bonds is 6. The first-order chi connectivity index (χ1) is 10.6. The maximum Gasteiger partial charge on any atom is 0.257 e. The van der Waals surface area contributed by atoms with Gasteiger partial charge in [-0.25, -0.2) is 4.98 Å². The second kappa shape index (κ2) is 7.51. The Hall–Kier alpha value is -2.47. The average Bonchev–Trinajstić information content (AvgIpc) is 2.53. The minimum atomic E-state index is -0.334. The number of carbonyl (C=O) groups excluding carboxylic acids is 1. The molecule has 0 aliphatic heterocycles. The molecule has 2 aromatic rings. The van der Waals surface area contributed by atoms with Crippen molar-refractivity contribution in [3.63, 3.8) is 0 Å². The first kappa shape index (κ1) is 15.9. The van der Waals surface area contributed by atoms with Crippen LogP contribution in [-0.2, 0) is 0 Å². The molecule has 0 fully saturated rings. The van der Waals surface area contributed by atoms with Gasteiger partial charge < -0.3 is 15.2 Å². The van der Waals surface area contributed by atoms with Gasteiger partial charge in [0.05, 0.1) is 18.8 Å². The quantitative estimate of drug-likeness (QED) is 0.852. The zero-order valence-electron chi connectivity index (χ0n) is 12.6. The van der Waals surface area contributed by atoms with E-state index >= 15 is 0 Å². The zero-order valence-corrected chi connectivity index (χ0v) is 12.6. The maximum atomic E-state index is 12.4. The van der Waals surface area contributed by atoms with E-state index in [1.54, 1.807) is 42.9 Å². The lowest BCUT2D eigenvalue weighted by atomic mass is 10.1. The molecule has 6 nitrogen and oxygen atoms in total. The molecule has 0 aliphatic carbocycles. The highest BCUT2D eigenvalue weighted by atomic mass is 16.5. The lowest BCUT2D eigenvalue weighted by molar-refractivity contribution is 0.0894. The summed E-state index contributed by atoms with van der Waals surface area (Å²) in [6.07, 6.45) is 4.73. The number of aromatic nitrogens is 2. The van der Waals surface area contributed by atoms with Gasteiger partial charge >= 0.3 is 0 Å². The van der Waals surface area contributed by atoms with Crippen LogP contribution in [0.25, 0.3) is 0 Å². The van der Waals surface area contributed by atoms with Gasteiger partial charge in [0.25, 0.3) is 5.91 Å². The molecule has 0 spiro atoms. The number of nitrogens with one attached hydrogen (secondary N) is 1. The molecule has 0 saturated carbocycles. The normalized spacial score (nSPS) is 12.0. The van der Waals surface area contributed by atoms with Crippen LogP contribution in [-0.4, -0.2) is 33.6 Å². The fourth-order valence-corrected chi connectivity index (χ4v) is 1.83. The fourth-order valence-electron chi connectivity index (χ4n) is 1.83. The summed E-state index contributed by atoms with van der Waals surface area (Å²) in [6.45, 7) is 3.73. The molecule has 0 aliphatic rings. The molecule has 2 aromatic heterocycles. The van der Waals surface area contributed by atoms with Crippen molar-refractivity contribution < 1.29 is 14.6 Å². The molecule has 6 heteroatoms. The van der Waals surface area contributed by atoms with E-state index < -0.39 is 0 Å². The lowest BCUT2D eigenvalue weighted by Crippen LogP contribution is -2.41. The Balaban J connectivity index is 2.19. The number of pyridine rings is 2. The van der Waals surface area contributed by atoms with Crippen LogP contribution >= 0.6 is 0 Å². The third-order valence-electron chi connectivity index (χ3n) is 3.18. The molecule has 2 heterocycles. The molecule has 0 bridgehead atoms. The van der Waals surface area contributed by atoms with E-state index in [1.807, 2.05) is 13.8 Å². The predicted molar refractivity (Wildman–Crippen MR) is 81.7 cm³/mol. The standard InChI is InChI=1S/C16H19N3O3/c1-11(2)14(10-20)19-15(21)13-6-4-8-18-16(13)22-12-5-3-7-17-9-12/h3-9,11,14,20H,10H2,1-2H3,(H,19,21)/t14-/m0/s1. The number of aliphatic hydroxyl groups excluding tert-OH is 1. The van der Waals surface area contributed by atoms with Gasteiger partial charge in [-0.3, -0.25) is 9.78 Å². The maximum absolute atomic E-state index is 12.4. The molecular formula is C16H19N3O3. The van der Waals surface area contributed by atoms with Crippen LogP contribution in [0.15, 0.2) is 42.9 Å². The van der Waals surface area contributed by atoms with E-state index in [2.05, 4.69) is 15.3 Å². The van der Waals surface area contributed by atoms with Crippen molar-refractivity contribution in [3.05, 3.63) is 48.4 Å². The number of ether oxygens (including phenoxy) is 1. The van der Waals surface area contributed by atoms with Gasteiger partial charge in [-0.15, -0.1) is 0 Å². The number of nitrogens with zero attached hydrogens (tertiary/aromatic N) is 2. The number of hydrogen-bond donors (Lipinski definition) is 2. The van der Waals surface area contributed by atoms with Crippen LogP contribution < -0.4 is 10.1 Å². The van der Waals surface area contributed by atoms with E-state index in [4.69, 9.17) is 4.74 Å². The number of hydrogen-bond acceptors (Lipinski definition) is 5. The molecule has 0 aromatic carbocycles. The van der Waals surface area contributed by atoms with E-state index in [-0.39, 0.29) is 30.4 Å². The second-order valence-electron chi connectivity index (χ2n) is 5.15. The highest BCUT2D eigenvalue weighted by Crippen LogP contribution is 2.22. The molecule has 0 radical (unpaired) electrons. The third-order valence-corrected chi connectivity index (χ3v) is 3.18. The summed E-state index contributed by atoms with van der Waals surface area (Å²) in [5.74, 6) is 0.485. The smallest absolute Gasteiger partial charge is 0.257 e. The third kappa shape index (κ3) is 4.02. The van der Waals surface area contributed by atoms with Crippen LogP contribution in [0.1, 0.15) is 24.2 Å². The molecular weight excluding hydrogens is 282 g/mol.